The fourth-order valence-electron chi connectivity index (χ4n) is 3.22. The fourth-order valence-corrected chi connectivity index (χ4v) is 3.22. The highest BCUT2D eigenvalue weighted by Gasteiger charge is 2.40. The monoisotopic (exact) mass is 387 g/mol. The average Bonchev–Trinajstić information content (AvgIpc) is 3.32. The number of aromatic hydroxyl groups is 1. The Morgan fingerprint density at radius 3 is 2.50 bits per heavy atom. The zero-order valence-electron chi connectivity index (χ0n) is 14.5. The first-order valence-electron chi connectivity index (χ1n) is 8.65. The number of carbonyl (C=O) groups excluding carboxylic acids is 1. The molecule has 2 aromatic carbocycles. The Bertz CT molecular complexity index is 1020. The minimum atomic E-state index is -4.59. The predicted octanol–water partition coefficient (Wildman–Crippen LogP) is 3.88. The van der Waals surface area contributed by atoms with E-state index in [9.17, 15) is 23.1 Å². The first-order chi connectivity index (χ1) is 13.3. The first kappa shape index (κ1) is 18.1. The van der Waals surface area contributed by atoms with Gasteiger partial charge in [-0.05, 0) is 24.1 Å². The summed E-state index contributed by atoms with van der Waals surface area (Å²) in [5.74, 6) is -0.920. The van der Waals surface area contributed by atoms with Gasteiger partial charge in [-0.2, -0.15) is 18.3 Å². The lowest BCUT2D eigenvalue weighted by Crippen LogP contribution is -2.27. The molecule has 1 amide bonds. The molecular weight excluding hydrogens is 371 g/mol. The number of para-hydroxylation sites is 1. The van der Waals surface area contributed by atoms with Crippen molar-refractivity contribution in [2.45, 2.75) is 24.6 Å². The van der Waals surface area contributed by atoms with Crippen molar-refractivity contribution in [1.29, 1.82) is 0 Å². The van der Waals surface area contributed by atoms with E-state index in [0.717, 1.165) is 28.9 Å². The minimum Gasteiger partial charge on any atom is -0.504 e. The number of nitrogens with zero attached hydrogens (tertiary/aromatic N) is 2. The van der Waals surface area contributed by atoms with E-state index < -0.39 is 23.4 Å². The van der Waals surface area contributed by atoms with E-state index in [1.165, 1.54) is 18.2 Å². The van der Waals surface area contributed by atoms with E-state index in [1.807, 2.05) is 30.3 Å². The van der Waals surface area contributed by atoms with Crippen LogP contribution in [0.25, 0.3) is 5.69 Å². The van der Waals surface area contributed by atoms with Crippen LogP contribution in [0.2, 0.25) is 0 Å². The van der Waals surface area contributed by atoms with Gasteiger partial charge < -0.3 is 10.4 Å². The number of aromatic nitrogens is 2. The second-order valence-corrected chi connectivity index (χ2v) is 6.66. The summed E-state index contributed by atoms with van der Waals surface area (Å²) in [6.45, 7) is 0. The summed E-state index contributed by atoms with van der Waals surface area (Å²) >= 11 is 0. The van der Waals surface area contributed by atoms with Crippen LogP contribution in [0.5, 0.6) is 5.75 Å². The van der Waals surface area contributed by atoms with E-state index >= 15 is 0 Å². The van der Waals surface area contributed by atoms with Crippen molar-refractivity contribution in [3.8, 4) is 11.4 Å². The van der Waals surface area contributed by atoms with Gasteiger partial charge in [-0.1, -0.05) is 42.5 Å². The summed E-state index contributed by atoms with van der Waals surface area (Å²) in [7, 11) is 0. The van der Waals surface area contributed by atoms with Gasteiger partial charge in [0.1, 0.15) is 0 Å². The maximum absolute atomic E-state index is 13.2. The van der Waals surface area contributed by atoms with Crippen molar-refractivity contribution < 1.29 is 23.1 Å². The van der Waals surface area contributed by atoms with Crippen LogP contribution in [-0.2, 0) is 6.18 Å². The molecule has 3 aromatic rings. The number of carbonyl (C=O) groups is 1. The van der Waals surface area contributed by atoms with E-state index in [1.54, 1.807) is 0 Å². The highest BCUT2D eigenvalue weighted by Crippen LogP contribution is 2.41. The molecular formula is C20H16F3N3O2. The number of rotatable bonds is 4. The molecule has 0 unspecified atom stereocenters. The summed E-state index contributed by atoms with van der Waals surface area (Å²) in [6, 6.07) is 14.4. The number of benzene rings is 2. The lowest BCUT2D eigenvalue weighted by Gasteiger charge is -2.12. The third-order valence-corrected chi connectivity index (χ3v) is 4.70. The van der Waals surface area contributed by atoms with Crippen LogP contribution >= 0.6 is 0 Å². The van der Waals surface area contributed by atoms with Gasteiger partial charge in [0.15, 0.2) is 11.4 Å². The van der Waals surface area contributed by atoms with Crippen molar-refractivity contribution in [3.63, 3.8) is 0 Å². The Hall–Kier alpha value is -3.29. The Morgan fingerprint density at radius 1 is 1.11 bits per heavy atom. The number of hydrogen-bond acceptors (Lipinski definition) is 3. The number of alkyl halides is 3. The second kappa shape index (κ2) is 6.70. The first-order valence-corrected chi connectivity index (χ1v) is 8.65. The Kier molecular flexibility index (Phi) is 4.33. The summed E-state index contributed by atoms with van der Waals surface area (Å²) < 4.78 is 40.5. The molecule has 1 fully saturated rings. The molecule has 28 heavy (non-hydrogen) atoms. The Labute approximate surface area is 158 Å². The third kappa shape index (κ3) is 3.45. The molecule has 0 aliphatic heterocycles. The molecule has 0 spiro atoms. The number of amides is 1. The molecule has 8 heteroatoms. The van der Waals surface area contributed by atoms with Crippen LogP contribution in [-0.4, -0.2) is 26.8 Å². The van der Waals surface area contributed by atoms with E-state index in [-0.39, 0.29) is 23.3 Å². The van der Waals surface area contributed by atoms with Crippen LogP contribution in [0.4, 0.5) is 13.2 Å². The lowest BCUT2D eigenvalue weighted by atomic mass is 10.1. The van der Waals surface area contributed by atoms with Crippen molar-refractivity contribution in [2.75, 3.05) is 0 Å². The number of halogens is 3. The minimum absolute atomic E-state index is 0.0955. The summed E-state index contributed by atoms with van der Waals surface area (Å²) in [5, 5.41) is 16.7. The standard InChI is InChI=1S/C20H16F3N3O2/c21-20(22,23)14-8-4-5-9-16(14)26-11-17(27)18(25-26)19(28)24-15-10-13(15)12-6-2-1-3-7-12/h1-9,11,13,15,27H,10H2,(H,24,28)/t13-,15+/m0/s1. The van der Waals surface area contributed by atoms with Crippen molar-refractivity contribution in [3.05, 3.63) is 77.6 Å². The maximum atomic E-state index is 13.2. The molecule has 0 radical (unpaired) electrons. The quantitative estimate of drug-likeness (QED) is 0.714. The summed E-state index contributed by atoms with van der Waals surface area (Å²) in [4.78, 5) is 12.5. The fraction of sp³-hybridized carbons (Fsp3) is 0.200. The molecule has 0 bridgehead atoms. The molecule has 0 saturated heterocycles. The highest BCUT2D eigenvalue weighted by atomic mass is 19.4. The van der Waals surface area contributed by atoms with Crippen LogP contribution < -0.4 is 5.32 Å². The van der Waals surface area contributed by atoms with Gasteiger partial charge in [0.05, 0.1) is 17.4 Å². The highest BCUT2D eigenvalue weighted by molar-refractivity contribution is 5.95. The largest absolute Gasteiger partial charge is 0.504 e. The van der Waals surface area contributed by atoms with Crippen molar-refractivity contribution in [1.82, 2.24) is 15.1 Å². The van der Waals surface area contributed by atoms with Gasteiger partial charge >= 0.3 is 6.18 Å². The van der Waals surface area contributed by atoms with Crippen LogP contribution in [0.3, 0.4) is 0 Å². The molecule has 1 aromatic heterocycles. The van der Waals surface area contributed by atoms with Gasteiger partial charge in [-0.15, -0.1) is 0 Å². The molecule has 1 saturated carbocycles. The summed E-state index contributed by atoms with van der Waals surface area (Å²) in [6.07, 6.45) is -2.83. The molecule has 144 valence electrons. The van der Waals surface area contributed by atoms with Gasteiger partial charge in [0, 0.05) is 12.0 Å². The molecule has 5 nitrogen and oxygen atoms in total. The Balaban J connectivity index is 1.54. The van der Waals surface area contributed by atoms with Crippen LogP contribution in [0.1, 0.15) is 34.0 Å². The SMILES string of the molecule is O=C(N[C@@H]1C[C@H]1c1ccccc1)c1nn(-c2ccccc2C(F)(F)F)cc1O. The van der Waals surface area contributed by atoms with Crippen molar-refractivity contribution >= 4 is 5.91 Å². The van der Waals surface area contributed by atoms with Gasteiger partial charge in [-0.3, -0.25) is 4.79 Å². The summed E-state index contributed by atoms with van der Waals surface area (Å²) in [5.41, 5.74) is -0.383. The average molecular weight is 387 g/mol. The topological polar surface area (TPSA) is 67.2 Å². The maximum Gasteiger partial charge on any atom is 0.418 e. The molecule has 2 atom stereocenters. The number of hydrogen-bond donors (Lipinski definition) is 2. The van der Waals surface area contributed by atoms with Gasteiger partial charge in [-0.25, -0.2) is 4.68 Å². The van der Waals surface area contributed by atoms with E-state index in [0.29, 0.717) is 0 Å². The Morgan fingerprint density at radius 2 is 1.79 bits per heavy atom. The molecule has 1 aliphatic rings. The van der Waals surface area contributed by atoms with E-state index in [2.05, 4.69) is 10.4 Å². The van der Waals surface area contributed by atoms with Crippen LogP contribution in [0, 0.1) is 0 Å². The third-order valence-electron chi connectivity index (χ3n) is 4.70. The predicted molar refractivity (Wildman–Crippen MR) is 95.3 cm³/mol. The zero-order valence-corrected chi connectivity index (χ0v) is 14.5. The molecule has 1 heterocycles. The molecule has 2 N–H and O–H groups in total. The number of nitrogens with one attached hydrogen (secondary N) is 1. The van der Waals surface area contributed by atoms with Gasteiger partial charge in [0.2, 0.25) is 0 Å². The zero-order chi connectivity index (χ0) is 19.9. The smallest absolute Gasteiger partial charge is 0.418 e. The lowest BCUT2D eigenvalue weighted by molar-refractivity contribution is -0.137. The van der Waals surface area contributed by atoms with Crippen LogP contribution in [0.15, 0.2) is 60.8 Å². The van der Waals surface area contributed by atoms with Crippen molar-refractivity contribution in [2.24, 2.45) is 0 Å². The van der Waals surface area contributed by atoms with E-state index in [4.69, 9.17) is 0 Å². The van der Waals surface area contributed by atoms with Gasteiger partial charge in [0.25, 0.3) is 5.91 Å². The normalized spacial score (nSPS) is 18.7. The molecule has 4 rings (SSSR count). The second-order valence-electron chi connectivity index (χ2n) is 6.66. The molecule has 1 aliphatic carbocycles.